The van der Waals surface area contributed by atoms with E-state index in [0.717, 1.165) is 36.8 Å². The van der Waals surface area contributed by atoms with Crippen LogP contribution in [0, 0.1) is 0 Å². The number of hydrogen-bond acceptors (Lipinski definition) is 4. The molecule has 0 saturated carbocycles. The average Bonchev–Trinajstić information content (AvgIpc) is 2.85. The number of unbranched alkanes of at least 4 members (excludes halogenated alkanes) is 2. The van der Waals surface area contributed by atoms with E-state index in [2.05, 4.69) is 16.5 Å². The number of ether oxygens (including phenoxy) is 2. The molecule has 168 valence electrons. The molecule has 0 spiro atoms. The first-order valence-electron chi connectivity index (χ1n) is 11.2. The Hall–Kier alpha value is -3.80. The minimum absolute atomic E-state index is 0.0754. The van der Waals surface area contributed by atoms with E-state index in [0.29, 0.717) is 44.1 Å². The Labute approximate surface area is 190 Å². The number of benzene rings is 3. The van der Waals surface area contributed by atoms with Crippen LogP contribution in [0.1, 0.15) is 26.2 Å². The fourth-order valence-electron chi connectivity index (χ4n) is 4.75. The van der Waals surface area contributed by atoms with E-state index < -0.39 is 0 Å². The third kappa shape index (κ3) is 3.25. The Morgan fingerprint density at radius 2 is 1.52 bits per heavy atom. The normalized spacial score (nSPS) is 11.6. The Morgan fingerprint density at radius 3 is 2.24 bits per heavy atom. The summed E-state index contributed by atoms with van der Waals surface area (Å²) >= 11 is 0. The maximum absolute atomic E-state index is 13.6. The van der Waals surface area contributed by atoms with Crippen LogP contribution in [-0.2, 0) is 6.54 Å². The van der Waals surface area contributed by atoms with Gasteiger partial charge in [0.25, 0.3) is 0 Å². The number of aromatic nitrogens is 2. The summed E-state index contributed by atoms with van der Waals surface area (Å²) in [5, 5.41) is 2.28. The zero-order valence-electron chi connectivity index (χ0n) is 19.0. The van der Waals surface area contributed by atoms with Crippen molar-refractivity contribution in [1.29, 1.82) is 0 Å². The fourth-order valence-corrected chi connectivity index (χ4v) is 4.75. The minimum Gasteiger partial charge on any atom is -0.495 e. The summed E-state index contributed by atoms with van der Waals surface area (Å²) in [5.41, 5.74) is 2.59. The molecule has 2 aromatic heterocycles. The maximum atomic E-state index is 13.6. The molecule has 5 rings (SSSR count). The molecule has 0 radical (unpaired) electrons. The molecule has 0 saturated heterocycles. The van der Waals surface area contributed by atoms with Crippen LogP contribution in [0.15, 0.2) is 58.1 Å². The predicted octanol–water partition coefficient (Wildman–Crippen LogP) is 5.36. The molecule has 0 aliphatic heterocycles. The monoisotopic (exact) mass is 442 g/mol. The second kappa shape index (κ2) is 8.28. The molecule has 0 aliphatic carbocycles. The van der Waals surface area contributed by atoms with Gasteiger partial charge in [0.2, 0.25) is 0 Å². The van der Waals surface area contributed by atoms with Crippen molar-refractivity contribution in [1.82, 2.24) is 9.55 Å². The van der Waals surface area contributed by atoms with E-state index >= 15 is 0 Å². The Balaban J connectivity index is 1.96. The molecule has 2 heterocycles. The number of methoxy groups -OCH3 is 2. The number of para-hydroxylation sites is 2. The van der Waals surface area contributed by atoms with E-state index in [1.54, 1.807) is 26.4 Å². The molecule has 1 N–H and O–H groups in total. The zero-order valence-corrected chi connectivity index (χ0v) is 19.0. The molecule has 0 atom stereocenters. The van der Waals surface area contributed by atoms with Gasteiger partial charge in [0.1, 0.15) is 11.5 Å². The first-order valence-corrected chi connectivity index (χ1v) is 11.2. The van der Waals surface area contributed by atoms with Gasteiger partial charge < -0.3 is 19.0 Å². The summed E-state index contributed by atoms with van der Waals surface area (Å²) in [5.74, 6) is 1.24. The quantitative estimate of drug-likeness (QED) is 0.284. The smallest absolute Gasteiger partial charge is 0.197 e. The predicted molar refractivity (Wildman–Crippen MR) is 134 cm³/mol. The van der Waals surface area contributed by atoms with E-state index in [-0.39, 0.29) is 10.9 Å². The van der Waals surface area contributed by atoms with Gasteiger partial charge in [-0.1, -0.05) is 31.9 Å². The van der Waals surface area contributed by atoms with Crippen LogP contribution in [0.3, 0.4) is 0 Å². The molecule has 6 heteroatoms. The van der Waals surface area contributed by atoms with Crippen LogP contribution < -0.4 is 20.3 Å². The van der Waals surface area contributed by atoms with E-state index in [4.69, 9.17) is 9.47 Å². The highest BCUT2D eigenvalue weighted by molar-refractivity contribution is 6.04. The Kier molecular flexibility index (Phi) is 5.29. The van der Waals surface area contributed by atoms with Gasteiger partial charge in [-0.25, -0.2) is 0 Å². The molecule has 0 aliphatic rings. The molecule has 0 fully saturated rings. The van der Waals surface area contributed by atoms with Crippen molar-refractivity contribution in [3.8, 4) is 11.5 Å². The lowest BCUT2D eigenvalue weighted by Crippen LogP contribution is -2.14. The van der Waals surface area contributed by atoms with Gasteiger partial charge in [0.05, 0.1) is 41.7 Å². The third-order valence-electron chi connectivity index (χ3n) is 6.39. The van der Waals surface area contributed by atoms with E-state index in [1.807, 2.05) is 36.4 Å². The summed E-state index contributed by atoms with van der Waals surface area (Å²) in [6.45, 7) is 2.89. The molecule has 0 amide bonds. The number of H-pyrrole nitrogens is 1. The van der Waals surface area contributed by atoms with Gasteiger partial charge in [-0.05, 0) is 42.8 Å². The summed E-state index contributed by atoms with van der Waals surface area (Å²) in [6, 6.07) is 14.6. The highest BCUT2D eigenvalue weighted by atomic mass is 16.5. The summed E-state index contributed by atoms with van der Waals surface area (Å²) in [6.07, 6.45) is 3.12. The van der Waals surface area contributed by atoms with E-state index in [9.17, 15) is 9.59 Å². The van der Waals surface area contributed by atoms with Gasteiger partial charge in [0.15, 0.2) is 10.9 Å². The highest BCUT2D eigenvalue weighted by Gasteiger charge is 2.17. The second-order valence-electron chi connectivity index (χ2n) is 8.30. The molecule has 0 unspecified atom stereocenters. The summed E-state index contributed by atoms with van der Waals surface area (Å²) in [4.78, 5) is 30.4. The van der Waals surface area contributed by atoms with Gasteiger partial charge in [0, 0.05) is 22.7 Å². The van der Waals surface area contributed by atoms with Crippen LogP contribution in [0.4, 0.5) is 0 Å². The summed E-state index contributed by atoms with van der Waals surface area (Å²) in [7, 11) is 3.19. The van der Waals surface area contributed by atoms with Gasteiger partial charge in [-0.15, -0.1) is 0 Å². The lowest BCUT2D eigenvalue weighted by Gasteiger charge is -2.18. The van der Waals surface area contributed by atoms with Gasteiger partial charge >= 0.3 is 0 Å². The third-order valence-corrected chi connectivity index (χ3v) is 6.39. The van der Waals surface area contributed by atoms with E-state index in [1.165, 1.54) is 0 Å². The molecule has 6 nitrogen and oxygen atoms in total. The number of nitrogens with zero attached hydrogens (tertiary/aromatic N) is 1. The lowest BCUT2D eigenvalue weighted by atomic mass is 10.0. The number of aromatic amines is 1. The number of hydrogen-bond donors (Lipinski definition) is 1. The van der Waals surface area contributed by atoms with Crippen LogP contribution in [0.5, 0.6) is 11.5 Å². The van der Waals surface area contributed by atoms with Crippen molar-refractivity contribution < 1.29 is 9.47 Å². The largest absolute Gasteiger partial charge is 0.495 e. The van der Waals surface area contributed by atoms with Crippen LogP contribution in [0.25, 0.3) is 43.6 Å². The molecule has 0 bridgehead atoms. The van der Waals surface area contributed by atoms with Crippen molar-refractivity contribution in [3.05, 3.63) is 69.0 Å². The number of aryl methyl sites for hydroxylation is 1. The highest BCUT2D eigenvalue weighted by Crippen LogP contribution is 2.30. The molecule has 3 aromatic carbocycles. The second-order valence-corrected chi connectivity index (χ2v) is 8.30. The fraction of sp³-hybridized carbons (Fsp3) is 0.259. The first kappa shape index (κ1) is 21.1. The molecule has 33 heavy (non-hydrogen) atoms. The number of fused-ring (bicyclic) bond motifs is 4. The first-order chi connectivity index (χ1) is 16.1. The van der Waals surface area contributed by atoms with Crippen molar-refractivity contribution >= 4 is 43.6 Å². The van der Waals surface area contributed by atoms with Gasteiger partial charge in [-0.3, -0.25) is 9.59 Å². The zero-order chi connectivity index (χ0) is 23.1. The summed E-state index contributed by atoms with van der Waals surface area (Å²) < 4.78 is 13.2. The molecule has 5 aromatic rings. The van der Waals surface area contributed by atoms with Crippen molar-refractivity contribution in [2.45, 2.75) is 32.7 Å². The Morgan fingerprint density at radius 1 is 0.818 bits per heavy atom. The van der Waals surface area contributed by atoms with Crippen molar-refractivity contribution in [2.24, 2.45) is 0 Å². The number of rotatable bonds is 6. The number of pyridine rings is 2. The topological polar surface area (TPSA) is 73.3 Å². The molecular weight excluding hydrogens is 416 g/mol. The minimum atomic E-state index is -0.0905. The van der Waals surface area contributed by atoms with Crippen molar-refractivity contribution in [2.75, 3.05) is 14.2 Å². The SMILES string of the molecule is CCCCCn1c2cc3c(=O)c4cccc(OC)c4[nH]c3cc2c(=O)c2cccc(OC)c21. The standard InChI is InChI=1S/C27H26N2O4/c1-4-5-6-13-29-21-15-18-20(28-24-16(26(18)30)9-7-11-22(24)32-2)14-19(21)27(31)17-10-8-12-23(33-3)25(17)29/h7-12,14-15H,4-6,13H2,1-3H3,(H,28,30). The van der Waals surface area contributed by atoms with Gasteiger partial charge in [-0.2, -0.15) is 0 Å². The maximum Gasteiger partial charge on any atom is 0.197 e. The van der Waals surface area contributed by atoms with Crippen LogP contribution in [0.2, 0.25) is 0 Å². The molecular formula is C27H26N2O4. The van der Waals surface area contributed by atoms with Crippen molar-refractivity contribution in [3.63, 3.8) is 0 Å². The number of nitrogens with one attached hydrogen (secondary N) is 1. The Bertz CT molecular complexity index is 1650. The lowest BCUT2D eigenvalue weighted by molar-refractivity contribution is 0.417. The van der Waals surface area contributed by atoms with Crippen LogP contribution >= 0.6 is 0 Å². The van der Waals surface area contributed by atoms with Crippen LogP contribution in [-0.4, -0.2) is 23.8 Å². The average molecular weight is 443 g/mol.